The van der Waals surface area contributed by atoms with Crippen LogP contribution < -0.4 is 10.1 Å². The number of piperazine rings is 1. The third kappa shape index (κ3) is 4.29. The van der Waals surface area contributed by atoms with Crippen LogP contribution in [0, 0.1) is 0 Å². The molecule has 2 heterocycles. The van der Waals surface area contributed by atoms with Gasteiger partial charge >= 0.3 is 0 Å². The molecular weight excluding hydrogens is 330 g/mol. The third-order valence-corrected chi connectivity index (χ3v) is 4.64. The summed E-state index contributed by atoms with van der Waals surface area (Å²) in [6, 6.07) is 11.3. The number of hydrogen-bond acceptors (Lipinski definition) is 6. The van der Waals surface area contributed by atoms with Gasteiger partial charge in [0.1, 0.15) is 11.6 Å². The summed E-state index contributed by atoms with van der Waals surface area (Å²) < 4.78 is 5.34. The quantitative estimate of drug-likeness (QED) is 0.853. The molecule has 1 aromatic heterocycles. The van der Waals surface area contributed by atoms with Crippen molar-refractivity contribution >= 4 is 11.7 Å². The smallest absolute Gasteiger partial charge is 0.274 e. The number of ether oxygens (including phenoxy) is 1. The standard InChI is InChI=1S/C19H25N5O2/c1-3-23-10-12-24(13-11-23)19(25)16-8-9-18(22-21-16)20-14-15-6-4-5-7-17(15)26-2/h4-9H,3,10-14H2,1-2H3,(H,20,22). The van der Waals surface area contributed by atoms with Gasteiger partial charge in [0.25, 0.3) is 5.91 Å². The van der Waals surface area contributed by atoms with Gasteiger partial charge < -0.3 is 19.9 Å². The Morgan fingerprint density at radius 3 is 2.54 bits per heavy atom. The maximum absolute atomic E-state index is 12.5. The van der Waals surface area contributed by atoms with E-state index in [0.29, 0.717) is 18.1 Å². The van der Waals surface area contributed by atoms with Crippen molar-refractivity contribution in [3.8, 4) is 5.75 Å². The Kier molecular flexibility index (Phi) is 6.01. The van der Waals surface area contributed by atoms with Gasteiger partial charge in [0, 0.05) is 38.3 Å². The van der Waals surface area contributed by atoms with Crippen LogP contribution in [0.4, 0.5) is 5.82 Å². The van der Waals surface area contributed by atoms with Crippen molar-refractivity contribution < 1.29 is 9.53 Å². The lowest BCUT2D eigenvalue weighted by Gasteiger charge is -2.33. The molecule has 1 N–H and O–H groups in total. The molecule has 1 amide bonds. The number of likely N-dealkylation sites (N-methyl/N-ethyl adjacent to an activating group) is 1. The number of nitrogens with zero attached hydrogens (tertiary/aromatic N) is 4. The molecule has 7 nitrogen and oxygen atoms in total. The second-order valence-electron chi connectivity index (χ2n) is 6.20. The molecular formula is C19H25N5O2. The van der Waals surface area contributed by atoms with Crippen LogP contribution in [0.3, 0.4) is 0 Å². The van der Waals surface area contributed by atoms with E-state index in [1.165, 1.54) is 0 Å². The molecule has 0 unspecified atom stereocenters. The highest BCUT2D eigenvalue weighted by molar-refractivity contribution is 5.92. The molecule has 7 heteroatoms. The molecule has 0 bridgehead atoms. The predicted molar refractivity (Wildman–Crippen MR) is 100 cm³/mol. The van der Waals surface area contributed by atoms with Crippen molar-refractivity contribution in [2.45, 2.75) is 13.5 Å². The van der Waals surface area contributed by atoms with Gasteiger partial charge in [0.05, 0.1) is 7.11 Å². The van der Waals surface area contributed by atoms with E-state index in [4.69, 9.17) is 4.74 Å². The van der Waals surface area contributed by atoms with Gasteiger partial charge in [-0.25, -0.2) is 0 Å². The number of nitrogens with one attached hydrogen (secondary N) is 1. The highest BCUT2D eigenvalue weighted by Gasteiger charge is 2.22. The predicted octanol–water partition coefficient (Wildman–Crippen LogP) is 1.88. The van der Waals surface area contributed by atoms with Gasteiger partial charge in [0.2, 0.25) is 0 Å². The first kappa shape index (κ1) is 18.1. The SMILES string of the molecule is CCN1CCN(C(=O)c2ccc(NCc3ccccc3OC)nn2)CC1. The molecule has 1 saturated heterocycles. The third-order valence-electron chi connectivity index (χ3n) is 4.64. The average molecular weight is 355 g/mol. The summed E-state index contributed by atoms with van der Waals surface area (Å²) in [6.45, 7) is 7.03. The van der Waals surface area contributed by atoms with E-state index in [2.05, 4.69) is 27.3 Å². The Bertz CT molecular complexity index is 727. The Labute approximate surface area is 154 Å². The average Bonchev–Trinajstić information content (AvgIpc) is 2.72. The number of para-hydroxylation sites is 1. The number of amides is 1. The number of hydrogen-bond donors (Lipinski definition) is 1. The molecule has 1 fully saturated rings. The molecule has 0 radical (unpaired) electrons. The van der Waals surface area contributed by atoms with E-state index in [-0.39, 0.29) is 5.91 Å². The number of aromatic nitrogens is 2. The first-order valence-electron chi connectivity index (χ1n) is 8.92. The fourth-order valence-corrected chi connectivity index (χ4v) is 3.00. The van der Waals surface area contributed by atoms with Gasteiger partial charge in [-0.2, -0.15) is 0 Å². The second-order valence-corrected chi connectivity index (χ2v) is 6.20. The Morgan fingerprint density at radius 2 is 1.88 bits per heavy atom. The van der Waals surface area contributed by atoms with Crippen LogP contribution in [0.25, 0.3) is 0 Å². The van der Waals surface area contributed by atoms with Gasteiger partial charge in [-0.1, -0.05) is 25.1 Å². The van der Waals surface area contributed by atoms with Crippen LogP contribution >= 0.6 is 0 Å². The minimum atomic E-state index is -0.0514. The lowest BCUT2D eigenvalue weighted by molar-refractivity contribution is 0.0636. The molecule has 0 aliphatic carbocycles. The number of methoxy groups -OCH3 is 1. The minimum Gasteiger partial charge on any atom is -0.496 e. The van der Waals surface area contributed by atoms with Crippen LogP contribution in [0.2, 0.25) is 0 Å². The fraction of sp³-hybridized carbons (Fsp3) is 0.421. The Hall–Kier alpha value is -2.67. The van der Waals surface area contributed by atoms with Crippen LogP contribution in [0.1, 0.15) is 23.0 Å². The van der Waals surface area contributed by atoms with Crippen molar-refractivity contribution in [2.24, 2.45) is 0 Å². The van der Waals surface area contributed by atoms with Gasteiger partial charge in [-0.3, -0.25) is 4.79 Å². The summed E-state index contributed by atoms with van der Waals surface area (Å²) in [5.41, 5.74) is 1.42. The van der Waals surface area contributed by atoms with Crippen molar-refractivity contribution in [2.75, 3.05) is 45.2 Å². The summed E-state index contributed by atoms with van der Waals surface area (Å²) in [4.78, 5) is 16.7. The van der Waals surface area contributed by atoms with Crippen molar-refractivity contribution in [3.63, 3.8) is 0 Å². The zero-order valence-electron chi connectivity index (χ0n) is 15.3. The van der Waals surface area contributed by atoms with E-state index in [0.717, 1.165) is 44.0 Å². The normalized spacial score (nSPS) is 14.9. The minimum absolute atomic E-state index is 0.0514. The molecule has 0 saturated carbocycles. The highest BCUT2D eigenvalue weighted by atomic mass is 16.5. The topological polar surface area (TPSA) is 70.6 Å². The molecule has 1 aliphatic heterocycles. The summed E-state index contributed by atoms with van der Waals surface area (Å²) in [5, 5.41) is 11.4. The second kappa shape index (κ2) is 8.62. The number of rotatable bonds is 6. The molecule has 3 rings (SSSR count). The molecule has 2 aromatic rings. The zero-order chi connectivity index (χ0) is 18.4. The number of anilines is 1. The number of carbonyl (C=O) groups is 1. The number of benzene rings is 1. The van der Waals surface area contributed by atoms with Crippen molar-refractivity contribution in [1.29, 1.82) is 0 Å². The fourth-order valence-electron chi connectivity index (χ4n) is 3.00. The van der Waals surface area contributed by atoms with Gasteiger partial charge in [0.15, 0.2) is 5.69 Å². The lowest BCUT2D eigenvalue weighted by Crippen LogP contribution is -2.48. The maximum atomic E-state index is 12.5. The summed E-state index contributed by atoms with van der Waals surface area (Å²) in [6.07, 6.45) is 0. The summed E-state index contributed by atoms with van der Waals surface area (Å²) >= 11 is 0. The van der Waals surface area contributed by atoms with Crippen molar-refractivity contribution in [1.82, 2.24) is 20.0 Å². The first-order valence-corrected chi connectivity index (χ1v) is 8.92. The Balaban J connectivity index is 1.57. The van der Waals surface area contributed by atoms with E-state index in [1.54, 1.807) is 19.2 Å². The van der Waals surface area contributed by atoms with Crippen LogP contribution in [0.15, 0.2) is 36.4 Å². The van der Waals surface area contributed by atoms with E-state index in [9.17, 15) is 4.79 Å². The molecule has 26 heavy (non-hydrogen) atoms. The summed E-state index contributed by atoms with van der Waals surface area (Å²) in [7, 11) is 1.65. The van der Waals surface area contributed by atoms with Gasteiger partial charge in [-0.05, 0) is 24.7 Å². The van der Waals surface area contributed by atoms with Crippen LogP contribution in [-0.4, -0.2) is 65.7 Å². The monoisotopic (exact) mass is 355 g/mol. The Morgan fingerprint density at radius 1 is 1.12 bits per heavy atom. The molecule has 0 spiro atoms. The van der Waals surface area contributed by atoms with Gasteiger partial charge in [-0.15, -0.1) is 10.2 Å². The van der Waals surface area contributed by atoms with E-state index >= 15 is 0 Å². The lowest BCUT2D eigenvalue weighted by atomic mass is 10.2. The molecule has 1 aliphatic rings. The highest BCUT2D eigenvalue weighted by Crippen LogP contribution is 2.18. The van der Waals surface area contributed by atoms with Crippen LogP contribution in [0.5, 0.6) is 5.75 Å². The molecule has 0 atom stereocenters. The largest absolute Gasteiger partial charge is 0.496 e. The van der Waals surface area contributed by atoms with E-state index in [1.807, 2.05) is 29.2 Å². The first-order chi connectivity index (χ1) is 12.7. The van der Waals surface area contributed by atoms with Crippen molar-refractivity contribution in [3.05, 3.63) is 47.7 Å². The molecule has 138 valence electrons. The summed E-state index contributed by atoms with van der Waals surface area (Å²) in [5.74, 6) is 1.40. The molecule has 1 aromatic carbocycles. The zero-order valence-corrected chi connectivity index (χ0v) is 15.3. The number of carbonyl (C=O) groups excluding carboxylic acids is 1. The van der Waals surface area contributed by atoms with Crippen LogP contribution in [-0.2, 0) is 6.54 Å². The van der Waals surface area contributed by atoms with E-state index < -0.39 is 0 Å². The maximum Gasteiger partial charge on any atom is 0.274 e.